The Balaban J connectivity index is 1.82. The number of aryl methyl sites for hydroxylation is 1. The Labute approximate surface area is 110 Å². The van der Waals surface area contributed by atoms with Crippen molar-refractivity contribution in [3.8, 4) is 0 Å². The van der Waals surface area contributed by atoms with Crippen LogP contribution in [0.1, 0.15) is 31.9 Å². The normalized spacial score (nSPS) is 29.1. The standard InChI is InChI=1S/C15H23N3/c1-12-10-17-9-4-3-6-14(17)11-18(12)15-7-5-8-16-13(15)2/h5,7-8,12,14H,3-4,6,9-11H2,1-2H3. The van der Waals surface area contributed by atoms with Gasteiger partial charge in [-0.15, -0.1) is 0 Å². The average Bonchev–Trinajstić information content (AvgIpc) is 2.39. The van der Waals surface area contributed by atoms with Crippen LogP contribution < -0.4 is 4.90 Å². The maximum atomic E-state index is 4.44. The largest absolute Gasteiger partial charge is 0.365 e. The third kappa shape index (κ3) is 2.12. The molecule has 2 aliphatic rings. The summed E-state index contributed by atoms with van der Waals surface area (Å²) in [6, 6.07) is 5.64. The predicted molar refractivity (Wildman–Crippen MR) is 75.0 cm³/mol. The molecule has 3 heterocycles. The number of hydrogen-bond acceptors (Lipinski definition) is 3. The smallest absolute Gasteiger partial charge is 0.0605 e. The second-order valence-electron chi connectivity index (χ2n) is 5.75. The van der Waals surface area contributed by atoms with Gasteiger partial charge in [-0.25, -0.2) is 0 Å². The molecule has 2 fully saturated rings. The van der Waals surface area contributed by atoms with Crippen molar-refractivity contribution in [2.45, 2.75) is 45.2 Å². The van der Waals surface area contributed by atoms with E-state index in [0.717, 1.165) is 11.7 Å². The SMILES string of the molecule is Cc1ncccc1N1CC2CCCCN2CC1C. The van der Waals surface area contributed by atoms with Crippen LogP contribution >= 0.6 is 0 Å². The van der Waals surface area contributed by atoms with Crippen LogP contribution in [0.15, 0.2) is 18.3 Å². The molecule has 0 aliphatic carbocycles. The average molecular weight is 245 g/mol. The van der Waals surface area contributed by atoms with Gasteiger partial charge in [-0.05, 0) is 45.4 Å². The van der Waals surface area contributed by atoms with E-state index in [2.05, 4.69) is 40.8 Å². The number of hydrogen-bond donors (Lipinski definition) is 0. The summed E-state index contributed by atoms with van der Waals surface area (Å²) in [5.74, 6) is 0. The molecule has 0 radical (unpaired) electrons. The molecule has 0 bridgehead atoms. The Bertz CT molecular complexity index is 418. The van der Waals surface area contributed by atoms with Crippen LogP contribution in [0.5, 0.6) is 0 Å². The summed E-state index contributed by atoms with van der Waals surface area (Å²) in [4.78, 5) is 9.69. The van der Waals surface area contributed by atoms with Gasteiger partial charge in [-0.2, -0.15) is 0 Å². The second-order valence-corrected chi connectivity index (χ2v) is 5.75. The van der Waals surface area contributed by atoms with E-state index in [9.17, 15) is 0 Å². The molecule has 2 atom stereocenters. The predicted octanol–water partition coefficient (Wildman–Crippen LogP) is 2.45. The number of anilines is 1. The highest BCUT2D eigenvalue weighted by atomic mass is 15.3. The van der Waals surface area contributed by atoms with Crippen molar-refractivity contribution in [3.63, 3.8) is 0 Å². The topological polar surface area (TPSA) is 19.4 Å². The number of fused-ring (bicyclic) bond motifs is 1. The van der Waals surface area contributed by atoms with Gasteiger partial charge in [0.2, 0.25) is 0 Å². The number of nitrogens with zero attached hydrogens (tertiary/aromatic N) is 3. The number of pyridine rings is 1. The first-order valence-electron chi connectivity index (χ1n) is 7.18. The van der Waals surface area contributed by atoms with E-state index in [4.69, 9.17) is 0 Å². The Morgan fingerprint density at radius 1 is 1.28 bits per heavy atom. The van der Waals surface area contributed by atoms with Crippen LogP contribution in [0.25, 0.3) is 0 Å². The van der Waals surface area contributed by atoms with Gasteiger partial charge in [0.25, 0.3) is 0 Å². The maximum absolute atomic E-state index is 4.44. The van der Waals surface area contributed by atoms with Crippen LogP contribution in [0.3, 0.4) is 0 Å². The summed E-state index contributed by atoms with van der Waals surface area (Å²) >= 11 is 0. The highest BCUT2D eigenvalue weighted by Crippen LogP contribution is 2.29. The molecule has 0 saturated carbocycles. The number of piperazine rings is 1. The van der Waals surface area contributed by atoms with Crippen molar-refractivity contribution < 1.29 is 0 Å². The zero-order chi connectivity index (χ0) is 12.5. The first-order valence-corrected chi connectivity index (χ1v) is 7.18. The van der Waals surface area contributed by atoms with Crippen LogP contribution in [-0.4, -0.2) is 41.6 Å². The molecule has 2 unspecified atom stereocenters. The summed E-state index contributed by atoms with van der Waals surface area (Å²) in [5, 5.41) is 0. The Hall–Kier alpha value is -1.09. The highest BCUT2D eigenvalue weighted by molar-refractivity contribution is 5.51. The molecule has 3 rings (SSSR count). The monoisotopic (exact) mass is 245 g/mol. The Kier molecular flexibility index (Phi) is 3.25. The minimum Gasteiger partial charge on any atom is -0.365 e. The Morgan fingerprint density at radius 2 is 2.17 bits per heavy atom. The molecular formula is C15H23N3. The van der Waals surface area contributed by atoms with Crippen LogP contribution in [0.4, 0.5) is 5.69 Å². The fourth-order valence-corrected chi connectivity index (χ4v) is 3.47. The molecule has 0 aromatic carbocycles. The quantitative estimate of drug-likeness (QED) is 0.757. The van der Waals surface area contributed by atoms with E-state index in [1.54, 1.807) is 0 Å². The zero-order valence-electron chi connectivity index (χ0n) is 11.5. The van der Waals surface area contributed by atoms with Crippen molar-refractivity contribution >= 4 is 5.69 Å². The lowest BCUT2D eigenvalue weighted by atomic mass is 9.96. The molecular weight excluding hydrogens is 222 g/mol. The molecule has 98 valence electrons. The van der Waals surface area contributed by atoms with E-state index in [0.29, 0.717) is 6.04 Å². The number of rotatable bonds is 1. The van der Waals surface area contributed by atoms with E-state index in [1.807, 2.05) is 6.20 Å². The van der Waals surface area contributed by atoms with Gasteiger partial charge >= 0.3 is 0 Å². The van der Waals surface area contributed by atoms with Crippen LogP contribution in [-0.2, 0) is 0 Å². The lowest BCUT2D eigenvalue weighted by Crippen LogP contribution is -2.59. The molecule has 18 heavy (non-hydrogen) atoms. The highest BCUT2D eigenvalue weighted by Gasteiger charge is 2.33. The van der Waals surface area contributed by atoms with Gasteiger partial charge in [0.05, 0.1) is 11.4 Å². The lowest BCUT2D eigenvalue weighted by molar-refractivity contribution is 0.115. The van der Waals surface area contributed by atoms with Crippen LogP contribution in [0.2, 0.25) is 0 Å². The molecule has 3 nitrogen and oxygen atoms in total. The maximum Gasteiger partial charge on any atom is 0.0605 e. The van der Waals surface area contributed by atoms with Gasteiger partial charge in [0.1, 0.15) is 0 Å². The van der Waals surface area contributed by atoms with Gasteiger partial charge in [0, 0.05) is 31.4 Å². The molecule has 3 heteroatoms. The molecule has 2 saturated heterocycles. The summed E-state index contributed by atoms with van der Waals surface area (Å²) in [5.41, 5.74) is 2.49. The van der Waals surface area contributed by atoms with Gasteiger partial charge < -0.3 is 4.90 Å². The van der Waals surface area contributed by atoms with Crippen molar-refractivity contribution in [2.75, 3.05) is 24.5 Å². The molecule has 0 amide bonds. The summed E-state index contributed by atoms with van der Waals surface area (Å²) < 4.78 is 0. The molecule has 0 N–H and O–H groups in total. The van der Waals surface area contributed by atoms with Crippen molar-refractivity contribution in [1.29, 1.82) is 0 Å². The van der Waals surface area contributed by atoms with E-state index >= 15 is 0 Å². The number of piperidine rings is 1. The zero-order valence-corrected chi connectivity index (χ0v) is 11.5. The summed E-state index contributed by atoms with van der Waals surface area (Å²) in [6.07, 6.45) is 6.04. The van der Waals surface area contributed by atoms with E-state index in [1.165, 1.54) is 44.6 Å². The summed E-state index contributed by atoms with van der Waals surface area (Å²) in [6.45, 7) is 8.15. The first-order chi connectivity index (χ1) is 8.75. The fraction of sp³-hybridized carbons (Fsp3) is 0.667. The van der Waals surface area contributed by atoms with Gasteiger partial charge in [-0.3, -0.25) is 9.88 Å². The van der Waals surface area contributed by atoms with E-state index in [-0.39, 0.29) is 0 Å². The molecule has 0 spiro atoms. The van der Waals surface area contributed by atoms with Crippen molar-refractivity contribution in [3.05, 3.63) is 24.0 Å². The Morgan fingerprint density at radius 3 is 3.00 bits per heavy atom. The molecule has 1 aromatic heterocycles. The minimum absolute atomic E-state index is 0.599. The summed E-state index contributed by atoms with van der Waals surface area (Å²) in [7, 11) is 0. The first kappa shape index (κ1) is 12.0. The van der Waals surface area contributed by atoms with Crippen molar-refractivity contribution in [1.82, 2.24) is 9.88 Å². The molecule has 2 aliphatic heterocycles. The molecule has 1 aromatic rings. The van der Waals surface area contributed by atoms with E-state index < -0.39 is 0 Å². The third-order valence-corrected chi connectivity index (χ3v) is 4.48. The third-order valence-electron chi connectivity index (χ3n) is 4.48. The second kappa shape index (κ2) is 4.88. The fourth-order valence-electron chi connectivity index (χ4n) is 3.47. The number of aromatic nitrogens is 1. The van der Waals surface area contributed by atoms with Gasteiger partial charge in [0.15, 0.2) is 0 Å². The lowest BCUT2D eigenvalue weighted by Gasteiger charge is -2.48. The van der Waals surface area contributed by atoms with Crippen LogP contribution in [0, 0.1) is 6.92 Å². The van der Waals surface area contributed by atoms with Gasteiger partial charge in [-0.1, -0.05) is 6.42 Å². The minimum atomic E-state index is 0.599. The van der Waals surface area contributed by atoms with Crippen molar-refractivity contribution in [2.24, 2.45) is 0 Å².